The molecule has 0 aromatic heterocycles. The summed E-state index contributed by atoms with van der Waals surface area (Å²) in [6.45, 7) is -0.381. The van der Waals surface area contributed by atoms with Crippen LogP contribution in [0.1, 0.15) is 0 Å². The van der Waals surface area contributed by atoms with Gasteiger partial charge in [-0.1, -0.05) is 46.9 Å². The van der Waals surface area contributed by atoms with Crippen molar-refractivity contribution in [2.24, 2.45) is 0 Å². The van der Waals surface area contributed by atoms with Gasteiger partial charge in [0, 0.05) is 12.7 Å². The van der Waals surface area contributed by atoms with Crippen LogP contribution < -0.4 is 5.32 Å². The van der Waals surface area contributed by atoms with Crippen LogP contribution in [0.25, 0.3) is 0 Å². The van der Waals surface area contributed by atoms with E-state index in [1.165, 1.54) is 31.3 Å². The lowest BCUT2D eigenvalue weighted by molar-refractivity contribution is -0.116. The third kappa shape index (κ3) is 4.40. The van der Waals surface area contributed by atoms with Gasteiger partial charge in [-0.3, -0.25) is 4.79 Å². The van der Waals surface area contributed by atoms with E-state index in [1.807, 2.05) is 0 Å². The highest BCUT2D eigenvalue weighted by molar-refractivity contribution is 7.89. The largest absolute Gasteiger partial charge is 0.325 e. The molecule has 0 bridgehead atoms. The SMILES string of the molecule is CN(CC(=O)Nc1ccc(Cl)c(Cl)c1)S(=O)(=O)c1ccccc1Cl. The Morgan fingerprint density at radius 3 is 2.33 bits per heavy atom. The van der Waals surface area contributed by atoms with Crippen molar-refractivity contribution in [3.8, 4) is 0 Å². The molecular weight excluding hydrogens is 395 g/mol. The zero-order valence-corrected chi connectivity index (χ0v) is 15.5. The second-order valence-corrected chi connectivity index (χ2v) is 8.10. The predicted molar refractivity (Wildman–Crippen MR) is 96.4 cm³/mol. The summed E-state index contributed by atoms with van der Waals surface area (Å²) in [5.74, 6) is -0.522. The number of halogens is 3. The zero-order chi connectivity index (χ0) is 17.9. The summed E-state index contributed by atoms with van der Waals surface area (Å²) in [6.07, 6.45) is 0. The highest BCUT2D eigenvalue weighted by Gasteiger charge is 2.25. The Hall–Kier alpha value is -1.31. The van der Waals surface area contributed by atoms with E-state index in [0.717, 1.165) is 4.31 Å². The van der Waals surface area contributed by atoms with Crippen LogP contribution in [0.5, 0.6) is 0 Å². The molecule has 128 valence electrons. The number of hydrogen-bond acceptors (Lipinski definition) is 3. The Morgan fingerprint density at radius 2 is 1.71 bits per heavy atom. The molecule has 5 nitrogen and oxygen atoms in total. The molecular formula is C15H13Cl3N2O3S. The molecule has 0 saturated heterocycles. The van der Waals surface area contributed by atoms with E-state index in [-0.39, 0.29) is 21.5 Å². The molecule has 1 amide bonds. The second-order valence-electron chi connectivity index (χ2n) is 4.87. The van der Waals surface area contributed by atoms with Gasteiger partial charge < -0.3 is 5.32 Å². The number of sulfonamides is 1. The number of hydrogen-bond donors (Lipinski definition) is 1. The number of amides is 1. The molecule has 0 unspecified atom stereocenters. The van der Waals surface area contributed by atoms with Gasteiger partial charge in [-0.25, -0.2) is 8.42 Å². The third-order valence-electron chi connectivity index (χ3n) is 3.09. The summed E-state index contributed by atoms with van der Waals surface area (Å²) in [5.41, 5.74) is 0.415. The average Bonchev–Trinajstić information content (AvgIpc) is 2.51. The van der Waals surface area contributed by atoms with Gasteiger partial charge in [-0.15, -0.1) is 0 Å². The minimum atomic E-state index is -3.88. The van der Waals surface area contributed by atoms with Gasteiger partial charge in [0.05, 0.1) is 21.6 Å². The van der Waals surface area contributed by atoms with Crippen LogP contribution in [0.15, 0.2) is 47.4 Å². The van der Waals surface area contributed by atoms with Gasteiger partial charge in [0.25, 0.3) is 0 Å². The van der Waals surface area contributed by atoms with E-state index in [1.54, 1.807) is 18.2 Å². The summed E-state index contributed by atoms with van der Waals surface area (Å²) in [7, 11) is -2.58. The van der Waals surface area contributed by atoms with Gasteiger partial charge in [0.2, 0.25) is 15.9 Å². The molecule has 1 N–H and O–H groups in total. The highest BCUT2D eigenvalue weighted by atomic mass is 35.5. The molecule has 0 heterocycles. The lowest BCUT2D eigenvalue weighted by Gasteiger charge is -2.17. The summed E-state index contributed by atoms with van der Waals surface area (Å²) < 4.78 is 25.8. The number of carbonyl (C=O) groups excluding carboxylic acids is 1. The Labute approximate surface area is 155 Å². The smallest absolute Gasteiger partial charge is 0.244 e. The summed E-state index contributed by atoms with van der Waals surface area (Å²) in [6, 6.07) is 10.6. The number of rotatable bonds is 5. The molecule has 2 aromatic carbocycles. The fourth-order valence-electron chi connectivity index (χ4n) is 1.88. The molecule has 2 aromatic rings. The highest BCUT2D eigenvalue weighted by Crippen LogP contribution is 2.25. The topological polar surface area (TPSA) is 66.5 Å². The number of nitrogens with zero attached hydrogens (tertiary/aromatic N) is 1. The van der Waals surface area contributed by atoms with Gasteiger partial charge >= 0.3 is 0 Å². The van der Waals surface area contributed by atoms with Crippen molar-refractivity contribution >= 4 is 56.4 Å². The van der Waals surface area contributed by atoms with Gasteiger partial charge in [0.15, 0.2) is 0 Å². The van der Waals surface area contributed by atoms with Crippen molar-refractivity contribution in [3.05, 3.63) is 57.5 Å². The maximum atomic E-state index is 12.5. The molecule has 0 spiro atoms. The summed E-state index contributed by atoms with van der Waals surface area (Å²) in [5, 5.41) is 3.29. The van der Waals surface area contributed by atoms with Crippen LogP contribution in [-0.2, 0) is 14.8 Å². The molecule has 0 fully saturated rings. The molecule has 9 heteroatoms. The van der Waals surface area contributed by atoms with E-state index in [0.29, 0.717) is 10.7 Å². The number of likely N-dealkylation sites (N-methyl/N-ethyl adjacent to an activating group) is 1. The van der Waals surface area contributed by atoms with Crippen LogP contribution in [0, 0.1) is 0 Å². The van der Waals surface area contributed by atoms with Crippen LogP contribution in [0.3, 0.4) is 0 Å². The van der Waals surface area contributed by atoms with E-state index >= 15 is 0 Å². The average molecular weight is 408 g/mol. The lowest BCUT2D eigenvalue weighted by atomic mass is 10.3. The fraction of sp³-hybridized carbons (Fsp3) is 0.133. The van der Waals surface area contributed by atoms with Crippen molar-refractivity contribution in [2.75, 3.05) is 18.9 Å². The van der Waals surface area contributed by atoms with Crippen molar-refractivity contribution in [3.63, 3.8) is 0 Å². The molecule has 0 saturated carbocycles. The van der Waals surface area contributed by atoms with Crippen molar-refractivity contribution in [2.45, 2.75) is 4.90 Å². The molecule has 24 heavy (non-hydrogen) atoms. The van der Waals surface area contributed by atoms with Crippen molar-refractivity contribution in [1.29, 1.82) is 0 Å². The molecule has 2 rings (SSSR count). The maximum Gasteiger partial charge on any atom is 0.244 e. The molecule has 0 aliphatic carbocycles. The standard InChI is InChI=1S/C15H13Cl3N2O3S/c1-20(24(22,23)14-5-3-2-4-12(14)17)9-15(21)19-10-6-7-11(16)13(18)8-10/h2-8H,9H2,1H3,(H,19,21). The number of carbonyl (C=O) groups is 1. The number of benzene rings is 2. The Morgan fingerprint density at radius 1 is 1.04 bits per heavy atom. The third-order valence-corrected chi connectivity index (χ3v) is 6.14. The van der Waals surface area contributed by atoms with E-state index in [4.69, 9.17) is 34.8 Å². The van der Waals surface area contributed by atoms with Crippen LogP contribution in [-0.4, -0.2) is 32.2 Å². The van der Waals surface area contributed by atoms with Crippen LogP contribution in [0.4, 0.5) is 5.69 Å². The number of anilines is 1. The van der Waals surface area contributed by atoms with Crippen LogP contribution in [0.2, 0.25) is 15.1 Å². The molecule has 0 atom stereocenters. The normalized spacial score (nSPS) is 11.5. The van der Waals surface area contributed by atoms with Crippen LogP contribution >= 0.6 is 34.8 Å². The predicted octanol–water partition coefficient (Wildman–Crippen LogP) is 3.91. The first kappa shape index (κ1) is 19.0. The van der Waals surface area contributed by atoms with Gasteiger partial charge in [-0.05, 0) is 30.3 Å². The first-order valence-electron chi connectivity index (χ1n) is 6.67. The molecule has 0 aliphatic heterocycles. The monoisotopic (exact) mass is 406 g/mol. The second kappa shape index (κ2) is 7.72. The zero-order valence-electron chi connectivity index (χ0n) is 12.5. The lowest BCUT2D eigenvalue weighted by Crippen LogP contribution is -2.35. The fourth-order valence-corrected chi connectivity index (χ4v) is 3.80. The Balaban J connectivity index is 2.11. The summed E-state index contributed by atoms with van der Waals surface area (Å²) >= 11 is 17.6. The van der Waals surface area contributed by atoms with Crippen molar-refractivity contribution in [1.82, 2.24) is 4.31 Å². The van der Waals surface area contributed by atoms with Crippen molar-refractivity contribution < 1.29 is 13.2 Å². The van der Waals surface area contributed by atoms with E-state index in [2.05, 4.69) is 5.32 Å². The Bertz CT molecular complexity index is 872. The maximum absolute atomic E-state index is 12.5. The van der Waals surface area contributed by atoms with E-state index < -0.39 is 15.9 Å². The quantitative estimate of drug-likeness (QED) is 0.817. The number of nitrogens with one attached hydrogen (secondary N) is 1. The minimum Gasteiger partial charge on any atom is -0.325 e. The summed E-state index contributed by atoms with van der Waals surface area (Å²) in [4.78, 5) is 12.0. The molecule has 0 radical (unpaired) electrons. The van der Waals surface area contributed by atoms with E-state index in [9.17, 15) is 13.2 Å². The first-order chi connectivity index (χ1) is 11.2. The first-order valence-corrected chi connectivity index (χ1v) is 9.25. The minimum absolute atomic E-state index is 0.0588. The Kier molecular flexibility index (Phi) is 6.11. The van der Waals surface area contributed by atoms with Gasteiger partial charge in [-0.2, -0.15) is 4.31 Å². The van der Waals surface area contributed by atoms with Gasteiger partial charge in [0.1, 0.15) is 4.90 Å². The molecule has 0 aliphatic rings.